The number of hydrogen-bond donors (Lipinski definition) is 0. The number of benzene rings is 1. The van der Waals surface area contributed by atoms with Gasteiger partial charge in [0.1, 0.15) is 5.54 Å². The summed E-state index contributed by atoms with van der Waals surface area (Å²) in [5.41, 5.74) is 1.26. The number of carbonyl (C=O) groups is 2. The average Bonchev–Trinajstić information content (AvgIpc) is 3.25. The number of aryl methyl sites for hydroxylation is 1. The van der Waals surface area contributed by atoms with Crippen LogP contribution in [0.25, 0.3) is 0 Å². The second-order valence-electron chi connectivity index (χ2n) is 5.34. The molecule has 1 aliphatic rings. The fourth-order valence-corrected chi connectivity index (χ4v) is 2.43. The third kappa shape index (κ3) is 2.33. The molecule has 1 aromatic carbocycles. The SMILES string of the molecule is C=CC(=O)N(C)C1(C(=O)N(C)c2cccc(C)c2)CC1. The highest BCUT2D eigenvalue weighted by molar-refractivity contribution is 6.05. The largest absolute Gasteiger partial charge is 0.327 e. The van der Waals surface area contributed by atoms with Crippen LogP contribution in [0.15, 0.2) is 36.9 Å². The summed E-state index contributed by atoms with van der Waals surface area (Å²) in [4.78, 5) is 27.6. The van der Waals surface area contributed by atoms with E-state index in [2.05, 4.69) is 6.58 Å². The van der Waals surface area contributed by atoms with E-state index in [-0.39, 0.29) is 11.8 Å². The van der Waals surface area contributed by atoms with E-state index < -0.39 is 5.54 Å². The van der Waals surface area contributed by atoms with Crippen molar-refractivity contribution >= 4 is 17.5 Å². The second kappa shape index (κ2) is 5.12. The first-order valence-corrected chi connectivity index (χ1v) is 6.67. The Labute approximate surface area is 119 Å². The van der Waals surface area contributed by atoms with Crippen LogP contribution in [0.2, 0.25) is 0 Å². The van der Waals surface area contributed by atoms with E-state index in [1.165, 1.54) is 11.0 Å². The minimum atomic E-state index is -0.691. The maximum atomic E-state index is 12.7. The summed E-state index contributed by atoms with van der Waals surface area (Å²) in [6, 6.07) is 7.77. The molecule has 0 heterocycles. The minimum absolute atomic E-state index is 0.0409. The van der Waals surface area contributed by atoms with Gasteiger partial charge in [-0.05, 0) is 43.5 Å². The fourth-order valence-electron chi connectivity index (χ4n) is 2.43. The van der Waals surface area contributed by atoms with E-state index >= 15 is 0 Å². The van der Waals surface area contributed by atoms with Crippen LogP contribution in [0.3, 0.4) is 0 Å². The molecule has 0 N–H and O–H groups in total. The van der Waals surface area contributed by atoms with Gasteiger partial charge in [0.2, 0.25) is 5.91 Å². The molecule has 106 valence electrons. The van der Waals surface area contributed by atoms with Crippen LogP contribution >= 0.6 is 0 Å². The molecule has 0 radical (unpaired) electrons. The van der Waals surface area contributed by atoms with Crippen molar-refractivity contribution in [2.75, 3.05) is 19.0 Å². The zero-order chi connectivity index (χ0) is 14.9. The molecule has 2 rings (SSSR count). The first-order valence-electron chi connectivity index (χ1n) is 6.67. The van der Waals surface area contributed by atoms with Crippen molar-refractivity contribution in [3.8, 4) is 0 Å². The number of amides is 2. The minimum Gasteiger partial charge on any atom is -0.327 e. The maximum Gasteiger partial charge on any atom is 0.252 e. The van der Waals surface area contributed by atoms with Gasteiger partial charge in [-0.2, -0.15) is 0 Å². The quantitative estimate of drug-likeness (QED) is 0.788. The van der Waals surface area contributed by atoms with Crippen LogP contribution in [-0.4, -0.2) is 36.3 Å². The zero-order valence-electron chi connectivity index (χ0n) is 12.2. The van der Waals surface area contributed by atoms with Gasteiger partial charge in [-0.3, -0.25) is 9.59 Å². The van der Waals surface area contributed by atoms with E-state index in [0.717, 1.165) is 11.3 Å². The Bertz CT molecular complexity index is 561. The highest BCUT2D eigenvalue weighted by Crippen LogP contribution is 2.43. The third-order valence-electron chi connectivity index (χ3n) is 3.96. The number of carbonyl (C=O) groups excluding carboxylic acids is 2. The Morgan fingerprint density at radius 3 is 2.45 bits per heavy atom. The number of likely N-dealkylation sites (N-methyl/N-ethyl adjacent to an activating group) is 2. The Morgan fingerprint density at radius 2 is 1.95 bits per heavy atom. The van der Waals surface area contributed by atoms with Gasteiger partial charge in [-0.1, -0.05) is 18.7 Å². The third-order valence-corrected chi connectivity index (χ3v) is 3.96. The predicted molar refractivity (Wildman–Crippen MR) is 79.5 cm³/mol. The van der Waals surface area contributed by atoms with Crippen LogP contribution in [-0.2, 0) is 9.59 Å². The lowest BCUT2D eigenvalue weighted by Gasteiger charge is -2.30. The number of anilines is 1. The van der Waals surface area contributed by atoms with E-state index in [4.69, 9.17) is 0 Å². The van der Waals surface area contributed by atoms with E-state index in [1.807, 2.05) is 31.2 Å². The summed E-state index contributed by atoms with van der Waals surface area (Å²) < 4.78 is 0. The van der Waals surface area contributed by atoms with Gasteiger partial charge in [0, 0.05) is 19.8 Å². The van der Waals surface area contributed by atoms with Crippen LogP contribution < -0.4 is 4.90 Å². The second-order valence-corrected chi connectivity index (χ2v) is 5.34. The number of hydrogen-bond acceptors (Lipinski definition) is 2. The molecule has 1 aliphatic carbocycles. The highest BCUT2D eigenvalue weighted by atomic mass is 16.2. The zero-order valence-corrected chi connectivity index (χ0v) is 12.2. The first-order chi connectivity index (χ1) is 9.42. The Balaban J connectivity index is 2.23. The standard InChI is InChI=1S/C16H20N2O2/c1-5-14(19)18(4)16(9-10-16)15(20)17(3)13-8-6-7-12(2)11-13/h5-8,11H,1,9-10H2,2-4H3. The highest BCUT2D eigenvalue weighted by Gasteiger charge is 2.56. The van der Waals surface area contributed by atoms with Gasteiger partial charge in [-0.15, -0.1) is 0 Å². The van der Waals surface area contributed by atoms with Crippen LogP contribution in [0.5, 0.6) is 0 Å². The van der Waals surface area contributed by atoms with Gasteiger partial charge in [0.25, 0.3) is 5.91 Å². The summed E-state index contributed by atoms with van der Waals surface area (Å²) in [6.45, 7) is 5.47. The van der Waals surface area contributed by atoms with E-state index in [1.54, 1.807) is 19.0 Å². The number of rotatable bonds is 4. The fraction of sp³-hybridized carbons (Fsp3) is 0.375. The Hall–Kier alpha value is -2.10. The Kier molecular flexibility index (Phi) is 3.66. The van der Waals surface area contributed by atoms with Gasteiger partial charge in [-0.25, -0.2) is 0 Å². The van der Waals surface area contributed by atoms with Gasteiger partial charge >= 0.3 is 0 Å². The van der Waals surface area contributed by atoms with E-state index in [0.29, 0.717) is 12.8 Å². The molecule has 0 saturated heterocycles. The van der Waals surface area contributed by atoms with Crippen molar-refractivity contribution in [3.63, 3.8) is 0 Å². The van der Waals surface area contributed by atoms with Crippen molar-refractivity contribution < 1.29 is 9.59 Å². The monoisotopic (exact) mass is 272 g/mol. The molecular weight excluding hydrogens is 252 g/mol. The molecule has 0 bridgehead atoms. The molecule has 1 saturated carbocycles. The van der Waals surface area contributed by atoms with Crippen molar-refractivity contribution in [3.05, 3.63) is 42.5 Å². The molecule has 20 heavy (non-hydrogen) atoms. The maximum absolute atomic E-state index is 12.7. The molecule has 2 amide bonds. The molecular formula is C16H20N2O2. The molecule has 0 unspecified atom stereocenters. The van der Waals surface area contributed by atoms with Crippen LogP contribution in [0.4, 0.5) is 5.69 Å². The predicted octanol–water partition coefficient (Wildman–Crippen LogP) is 2.13. The van der Waals surface area contributed by atoms with Gasteiger partial charge < -0.3 is 9.80 Å². The van der Waals surface area contributed by atoms with Gasteiger partial charge in [0.15, 0.2) is 0 Å². The van der Waals surface area contributed by atoms with Crippen molar-refractivity contribution in [2.45, 2.75) is 25.3 Å². The van der Waals surface area contributed by atoms with Crippen LogP contribution in [0.1, 0.15) is 18.4 Å². The van der Waals surface area contributed by atoms with Gasteiger partial charge in [0.05, 0.1) is 0 Å². The van der Waals surface area contributed by atoms with Crippen LogP contribution in [0, 0.1) is 6.92 Å². The van der Waals surface area contributed by atoms with Crippen molar-refractivity contribution in [1.82, 2.24) is 4.90 Å². The summed E-state index contributed by atoms with van der Waals surface area (Å²) in [5.74, 6) is -0.255. The molecule has 1 fully saturated rings. The molecule has 0 atom stereocenters. The molecule has 4 nitrogen and oxygen atoms in total. The van der Waals surface area contributed by atoms with Crippen molar-refractivity contribution in [2.24, 2.45) is 0 Å². The lowest BCUT2D eigenvalue weighted by Crippen LogP contribution is -2.50. The topological polar surface area (TPSA) is 40.6 Å². The van der Waals surface area contributed by atoms with E-state index in [9.17, 15) is 9.59 Å². The summed E-state index contributed by atoms with van der Waals surface area (Å²) in [5, 5.41) is 0. The lowest BCUT2D eigenvalue weighted by molar-refractivity contribution is -0.135. The molecule has 0 aromatic heterocycles. The first kappa shape index (κ1) is 14.3. The molecule has 0 spiro atoms. The Morgan fingerprint density at radius 1 is 1.30 bits per heavy atom. The summed E-state index contributed by atoms with van der Waals surface area (Å²) >= 11 is 0. The lowest BCUT2D eigenvalue weighted by atomic mass is 10.1. The summed E-state index contributed by atoms with van der Waals surface area (Å²) in [7, 11) is 3.42. The van der Waals surface area contributed by atoms with Crippen molar-refractivity contribution in [1.29, 1.82) is 0 Å². The number of nitrogens with zero attached hydrogens (tertiary/aromatic N) is 2. The smallest absolute Gasteiger partial charge is 0.252 e. The average molecular weight is 272 g/mol. The molecule has 4 heteroatoms. The normalized spacial score (nSPS) is 15.3. The summed E-state index contributed by atoms with van der Waals surface area (Å²) in [6.07, 6.45) is 2.66. The molecule has 1 aromatic rings. The molecule has 0 aliphatic heterocycles.